The third kappa shape index (κ3) is 3.97. The summed E-state index contributed by atoms with van der Waals surface area (Å²) >= 11 is 5.03. The number of pyridine rings is 1. The number of nitrogens with zero attached hydrogens (tertiary/aromatic N) is 1. The second-order valence-corrected chi connectivity index (χ2v) is 3.70. The van der Waals surface area contributed by atoms with Crippen molar-refractivity contribution < 1.29 is 35.9 Å². The lowest BCUT2D eigenvalue weighted by Gasteiger charge is -2.16. The van der Waals surface area contributed by atoms with Crippen LogP contribution in [0.4, 0.5) is 26.3 Å². The van der Waals surface area contributed by atoms with Crippen LogP contribution >= 0.6 is 11.6 Å². The van der Waals surface area contributed by atoms with Gasteiger partial charge in [0.1, 0.15) is 5.56 Å². The van der Waals surface area contributed by atoms with Crippen LogP contribution < -0.4 is 10.5 Å². The van der Waals surface area contributed by atoms with Gasteiger partial charge in [0.15, 0.2) is 0 Å². The molecule has 4 nitrogen and oxygen atoms in total. The zero-order valence-corrected chi connectivity index (χ0v) is 10.0. The molecule has 112 valence electrons. The molecule has 0 aliphatic heterocycles. The summed E-state index contributed by atoms with van der Waals surface area (Å²) in [5.74, 6) is -1.74. The lowest BCUT2D eigenvalue weighted by atomic mass is 10.1. The van der Waals surface area contributed by atoms with Crippen LogP contribution in [0.25, 0.3) is 0 Å². The molecule has 2 N–H and O–H groups in total. The normalized spacial score (nSPS) is 12.4. The standard InChI is InChI=1S/C9H5ClF6N2O2/c10-6(19)3-1-4(8(11,12)13)7(18-5(3)2-17)20-9(14,15)16/h1H,2,17H2. The van der Waals surface area contributed by atoms with Gasteiger partial charge in [-0.1, -0.05) is 0 Å². The fourth-order valence-electron chi connectivity index (χ4n) is 1.25. The molecule has 1 aromatic heterocycles. The minimum atomic E-state index is -5.38. The van der Waals surface area contributed by atoms with Gasteiger partial charge in [0.05, 0.1) is 11.3 Å². The smallest absolute Gasteiger partial charge is 0.387 e. The summed E-state index contributed by atoms with van der Waals surface area (Å²) in [7, 11) is 0. The van der Waals surface area contributed by atoms with Crippen molar-refractivity contribution in [2.24, 2.45) is 5.73 Å². The van der Waals surface area contributed by atoms with Crippen LogP contribution in [-0.2, 0) is 12.7 Å². The first-order valence-corrected chi connectivity index (χ1v) is 5.10. The molecule has 0 atom stereocenters. The number of alkyl halides is 6. The van der Waals surface area contributed by atoms with Crippen LogP contribution in [0, 0.1) is 0 Å². The van der Waals surface area contributed by atoms with Crippen LogP contribution in [0.1, 0.15) is 21.6 Å². The number of hydrogen-bond acceptors (Lipinski definition) is 4. The minimum Gasteiger partial charge on any atom is -0.387 e. The molecule has 1 rings (SSSR count). The molecule has 0 aliphatic rings. The maximum atomic E-state index is 12.6. The summed E-state index contributed by atoms with van der Waals surface area (Å²) in [6.45, 7) is -0.597. The van der Waals surface area contributed by atoms with Gasteiger partial charge in [0.2, 0.25) is 5.88 Å². The highest BCUT2D eigenvalue weighted by atomic mass is 35.5. The van der Waals surface area contributed by atoms with Crippen molar-refractivity contribution >= 4 is 16.8 Å². The van der Waals surface area contributed by atoms with Crippen LogP contribution in [-0.4, -0.2) is 16.6 Å². The fraction of sp³-hybridized carbons (Fsp3) is 0.333. The number of carbonyl (C=O) groups excluding carboxylic acids is 1. The maximum absolute atomic E-state index is 12.6. The summed E-state index contributed by atoms with van der Waals surface area (Å²) in [6.07, 6.45) is -10.6. The largest absolute Gasteiger partial charge is 0.574 e. The van der Waals surface area contributed by atoms with Gasteiger partial charge in [0.25, 0.3) is 5.24 Å². The van der Waals surface area contributed by atoms with E-state index in [0.717, 1.165) is 0 Å². The minimum absolute atomic E-state index is 0.117. The predicted molar refractivity (Wildman–Crippen MR) is 54.0 cm³/mol. The first-order valence-electron chi connectivity index (χ1n) is 4.72. The maximum Gasteiger partial charge on any atom is 0.574 e. The Morgan fingerprint density at radius 1 is 1.30 bits per heavy atom. The number of halogens is 7. The Morgan fingerprint density at radius 2 is 1.85 bits per heavy atom. The number of carbonyl (C=O) groups is 1. The van der Waals surface area contributed by atoms with Gasteiger partial charge in [-0.3, -0.25) is 4.79 Å². The average Bonchev–Trinajstić information content (AvgIpc) is 2.24. The van der Waals surface area contributed by atoms with Gasteiger partial charge in [0, 0.05) is 6.54 Å². The average molecular weight is 323 g/mol. The second-order valence-electron chi connectivity index (χ2n) is 3.36. The van der Waals surface area contributed by atoms with Gasteiger partial charge >= 0.3 is 12.5 Å². The molecule has 0 aromatic carbocycles. The third-order valence-corrected chi connectivity index (χ3v) is 2.19. The van der Waals surface area contributed by atoms with Crippen molar-refractivity contribution in [1.29, 1.82) is 0 Å². The second kappa shape index (κ2) is 5.44. The van der Waals surface area contributed by atoms with Crippen molar-refractivity contribution in [3.8, 4) is 5.88 Å². The van der Waals surface area contributed by atoms with E-state index in [2.05, 4.69) is 9.72 Å². The topological polar surface area (TPSA) is 65.2 Å². The number of nitrogens with two attached hydrogens (primary N) is 1. The molecule has 1 heterocycles. The molecule has 0 unspecified atom stereocenters. The van der Waals surface area contributed by atoms with Crippen molar-refractivity contribution in [2.45, 2.75) is 19.1 Å². The Kier molecular flexibility index (Phi) is 4.49. The van der Waals surface area contributed by atoms with E-state index in [4.69, 9.17) is 17.3 Å². The monoisotopic (exact) mass is 322 g/mol. The quantitative estimate of drug-likeness (QED) is 0.686. The first-order chi connectivity index (χ1) is 8.95. The molecular formula is C9H5ClF6N2O2. The highest BCUT2D eigenvalue weighted by molar-refractivity contribution is 6.67. The molecule has 0 spiro atoms. The van der Waals surface area contributed by atoms with E-state index in [1.807, 2.05) is 0 Å². The molecule has 0 fully saturated rings. The molecule has 11 heteroatoms. The molecule has 1 aromatic rings. The lowest BCUT2D eigenvalue weighted by Crippen LogP contribution is -2.23. The van der Waals surface area contributed by atoms with Crippen LogP contribution in [0.15, 0.2) is 6.07 Å². The zero-order valence-electron chi connectivity index (χ0n) is 9.27. The lowest BCUT2D eigenvalue weighted by molar-refractivity contribution is -0.277. The highest BCUT2D eigenvalue weighted by Crippen LogP contribution is 2.38. The summed E-state index contributed by atoms with van der Waals surface area (Å²) in [5, 5.41) is -1.33. The van der Waals surface area contributed by atoms with E-state index < -0.39 is 47.0 Å². The molecule has 0 aliphatic carbocycles. The van der Waals surface area contributed by atoms with E-state index in [0.29, 0.717) is 0 Å². The summed E-state index contributed by atoms with van der Waals surface area (Å²) in [5.41, 5.74) is 1.93. The number of hydrogen-bond donors (Lipinski definition) is 1. The third-order valence-electron chi connectivity index (χ3n) is 1.99. The van der Waals surface area contributed by atoms with Crippen molar-refractivity contribution in [3.05, 3.63) is 22.9 Å². The summed E-state index contributed by atoms with van der Waals surface area (Å²) in [6, 6.07) is 0.117. The molecule has 20 heavy (non-hydrogen) atoms. The number of ether oxygens (including phenoxy) is 1. The van der Waals surface area contributed by atoms with Crippen LogP contribution in [0.2, 0.25) is 0 Å². The Hall–Kier alpha value is -1.55. The molecule has 0 bridgehead atoms. The van der Waals surface area contributed by atoms with Gasteiger partial charge in [-0.05, 0) is 17.7 Å². The van der Waals surface area contributed by atoms with Crippen LogP contribution in [0.5, 0.6) is 5.88 Å². The van der Waals surface area contributed by atoms with E-state index in [9.17, 15) is 31.1 Å². The van der Waals surface area contributed by atoms with Crippen molar-refractivity contribution in [1.82, 2.24) is 4.98 Å². The predicted octanol–water partition coefficient (Wildman–Crippen LogP) is 2.84. The fourth-order valence-corrected chi connectivity index (χ4v) is 1.41. The SMILES string of the molecule is NCc1nc(OC(F)(F)F)c(C(F)(F)F)cc1C(=O)Cl. The Morgan fingerprint density at radius 3 is 2.20 bits per heavy atom. The van der Waals surface area contributed by atoms with Gasteiger partial charge in [-0.15, -0.1) is 13.2 Å². The number of aromatic nitrogens is 1. The summed E-state index contributed by atoms with van der Waals surface area (Å²) < 4.78 is 77.2. The van der Waals surface area contributed by atoms with E-state index in [-0.39, 0.29) is 6.07 Å². The molecule has 0 saturated carbocycles. The Labute approximate surface area is 112 Å². The molecule has 0 radical (unpaired) electrons. The Balaban J connectivity index is 3.52. The highest BCUT2D eigenvalue weighted by Gasteiger charge is 2.41. The first kappa shape index (κ1) is 16.5. The number of rotatable bonds is 3. The van der Waals surface area contributed by atoms with E-state index in [1.165, 1.54) is 0 Å². The van der Waals surface area contributed by atoms with E-state index >= 15 is 0 Å². The van der Waals surface area contributed by atoms with E-state index in [1.54, 1.807) is 0 Å². The van der Waals surface area contributed by atoms with Gasteiger partial charge in [-0.25, -0.2) is 4.98 Å². The molecular weight excluding hydrogens is 318 g/mol. The van der Waals surface area contributed by atoms with Gasteiger partial charge < -0.3 is 10.5 Å². The molecule has 0 saturated heterocycles. The van der Waals surface area contributed by atoms with Crippen molar-refractivity contribution in [3.63, 3.8) is 0 Å². The summed E-state index contributed by atoms with van der Waals surface area (Å²) in [4.78, 5) is 13.9. The Bertz CT molecular complexity index is 528. The zero-order chi connectivity index (χ0) is 15.7. The van der Waals surface area contributed by atoms with Crippen LogP contribution in [0.3, 0.4) is 0 Å². The van der Waals surface area contributed by atoms with Crippen molar-refractivity contribution in [2.75, 3.05) is 0 Å². The van der Waals surface area contributed by atoms with Gasteiger partial charge in [-0.2, -0.15) is 13.2 Å². The molecule has 0 amide bonds.